The summed E-state index contributed by atoms with van der Waals surface area (Å²) >= 11 is 0. The molecule has 182 valence electrons. The number of carbonyl (C=O) groups is 3. The second-order valence-electron chi connectivity index (χ2n) is 9.39. The zero-order valence-corrected chi connectivity index (χ0v) is 20.2. The first-order chi connectivity index (χ1) is 16.1. The molecule has 0 saturated carbocycles. The molecule has 0 bridgehead atoms. The van der Waals surface area contributed by atoms with E-state index in [-0.39, 0.29) is 6.04 Å². The fraction of sp³-hybridized carbons (Fsp3) is 0.423. The van der Waals surface area contributed by atoms with Gasteiger partial charge in [-0.05, 0) is 38.8 Å². The van der Waals surface area contributed by atoms with E-state index in [1.807, 2.05) is 36.4 Å². The molecule has 1 fully saturated rings. The molecule has 2 aromatic carbocycles. The van der Waals surface area contributed by atoms with Crippen molar-refractivity contribution >= 4 is 18.1 Å². The van der Waals surface area contributed by atoms with Gasteiger partial charge in [-0.2, -0.15) is 4.90 Å². The van der Waals surface area contributed by atoms with Crippen molar-refractivity contribution in [3.05, 3.63) is 71.8 Å². The molecule has 0 radical (unpaired) electrons. The van der Waals surface area contributed by atoms with Crippen LogP contribution >= 0.6 is 0 Å². The number of nitrogens with zero attached hydrogens (tertiary/aromatic N) is 3. The summed E-state index contributed by atoms with van der Waals surface area (Å²) < 4.78 is 5.19. The Morgan fingerprint density at radius 2 is 1.35 bits per heavy atom. The molecule has 3 amide bonds. The standard InChI is InChI=1S/C26H33N3O5/c1-19(29(24(31)32)25(33)34-26(2,3)4)23(30)28-17-15-27(16-18-28)22(20-11-7-5-8-12-20)21-13-9-6-10-14-21/h5-14,19,22H,15-18H2,1-4H3,(H,31,32)/t19-/m0/s1. The van der Waals surface area contributed by atoms with Crippen LogP contribution in [0, 0.1) is 0 Å². The first-order valence-electron chi connectivity index (χ1n) is 11.5. The van der Waals surface area contributed by atoms with Crippen LogP contribution in [0.1, 0.15) is 44.9 Å². The average Bonchev–Trinajstić information content (AvgIpc) is 2.79. The van der Waals surface area contributed by atoms with E-state index in [4.69, 9.17) is 4.74 Å². The molecule has 1 aliphatic rings. The first kappa shape index (κ1) is 25.2. The minimum absolute atomic E-state index is 0.0503. The van der Waals surface area contributed by atoms with E-state index in [0.717, 1.165) is 0 Å². The fourth-order valence-corrected chi connectivity index (χ4v) is 4.17. The fourth-order valence-electron chi connectivity index (χ4n) is 4.17. The lowest BCUT2D eigenvalue weighted by Gasteiger charge is -2.41. The van der Waals surface area contributed by atoms with E-state index < -0.39 is 29.7 Å². The number of hydrogen-bond acceptors (Lipinski definition) is 5. The van der Waals surface area contributed by atoms with Gasteiger partial charge in [-0.25, -0.2) is 9.59 Å². The quantitative estimate of drug-likeness (QED) is 0.708. The van der Waals surface area contributed by atoms with Gasteiger partial charge in [-0.1, -0.05) is 60.7 Å². The highest BCUT2D eigenvalue weighted by molar-refractivity contribution is 5.94. The number of piperazine rings is 1. The van der Waals surface area contributed by atoms with Crippen LogP contribution in [0.15, 0.2) is 60.7 Å². The van der Waals surface area contributed by atoms with Crippen molar-refractivity contribution in [2.75, 3.05) is 26.2 Å². The maximum Gasteiger partial charge on any atom is 0.420 e. The molecule has 0 aliphatic carbocycles. The number of rotatable bonds is 5. The third-order valence-electron chi connectivity index (χ3n) is 5.76. The second kappa shape index (κ2) is 10.7. The summed E-state index contributed by atoms with van der Waals surface area (Å²) in [5.74, 6) is -0.413. The van der Waals surface area contributed by atoms with Gasteiger partial charge in [-0.15, -0.1) is 0 Å². The molecule has 2 aromatic rings. The number of hydrogen-bond donors (Lipinski definition) is 1. The third kappa shape index (κ3) is 6.14. The monoisotopic (exact) mass is 467 g/mol. The zero-order chi connectivity index (χ0) is 24.9. The molecule has 1 aliphatic heterocycles. The van der Waals surface area contributed by atoms with Gasteiger partial charge in [0.2, 0.25) is 5.91 Å². The summed E-state index contributed by atoms with van der Waals surface area (Å²) in [5, 5.41) is 9.57. The predicted molar refractivity (Wildman–Crippen MR) is 128 cm³/mol. The van der Waals surface area contributed by atoms with Crippen LogP contribution in [0.5, 0.6) is 0 Å². The Morgan fingerprint density at radius 3 is 1.76 bits per heavy atom. The minimum atomic E-state index is -1.51. The summed E-state index contributed by atoms with van der Waals surface area (Å²) in [6.45, 7) is 8.45. The van der Waals surface area contributed by atoms with Crippen LogP contribution in [-0.4, -0.2) is 75.7 Å². The van der Waals surface area contributed by atoms with Crippen LogP contribution in [-0.2, 0) is 9.53 Å². The molecule has 1 saturated heterocycles. The summed E-state index contributed by atoms with van der Waals surface area (Å²) in [6.07, 6.45) is -2.56. The largest absolute Gasteiger partial charge is 0.464 e. The van der Waals surface area contributed by atoms with E-state index in [1.54, 1.807) is 25.7 Å². The Balaban J connectivity index is 1.71. The van der Waals surface area contributed by atoms with Crippen LogP contribution in [0.3, 0.4) is 0 Å². The number of carbonyl (C=O) groups excluding carboxylic acids is 2. The van der Waals surface area contributed by atoms with Gasteiger partial charge in [-0.3, -0.25) is 9.69 Å². The van der Waals surface area contributed by atoms with Gasteiger partial charge in [0.25, 0.3) is 0 Å². The summed E-state index contributed by atoms with van der Waals surface area (Å²) in [4.78, 5) is 41.7. The highest BCUT2D eigenvalue weighted by atomic mass is 16.6. The van der Waals surface area contributed by atoms with Crippen molar-refractivity contribution in [1.29, 1.82) is 0 Å². The van der Waals surface area contributed by atoms with Crippen LogP contribution < -0.4 is 0 Å². The zero-order valence-electron chi connectivity index (χ0n) is 20.2. The Kier molecular flexibility index (Phi) is 7.94. The lowest BCUT2D eigenvalue weighted by atomic mass is 9.96. The molecular weight excluding hydrogens is 434 g/mol. The van der Waals surface area contributed by atoms with Gasteiger partial charge in [0.05, 0.1) is 6.04 Å². The van der Waals surface area contributed by atoms with Gasteiger partial charge >= 0.3 is 12.2 Å². The van der Waals surface area contributed by atoms with Crippen molar-refractivity contribution in [2.45, 2.75) is 45.4 Å². The van der Waals surface area contributed by atoms with Crippen molar-refractivity contribution in [1.82, 2.24) is 14.7 Å². The molecule has 8 heteroatoms. The molecule has 0 unspecified atom stereocenters. The van der Waals surface area contributed by atoms with E-state index in [2.05, 4.69) is 29.2 Å². The van der Waals surface area contributed by atoms with Crippen molar-refractivity contribution in [3.8, 4) is 0 Å². The number of amides is 3. The van der Waals surface area contributed by atoms with Gasteiger partial charge in [0.15, 0.2) is 0 Å². The lowest BCUT2D eigenvalue weighted by molar-refractivity contribution is -0.137. The Labute approximate surface area is 200 Å². The highest BCUT2D eigenvalue weighted by Gasteiger charge is 2.38. The molecule has 0 spiro atoms. The molecule has 8 nitrogen and oxygen atoms in total. The Morgan fingerprint density at radius 1 is 0.882 bits per heavy atom. The van der Waals surface area contributed by atoms with Gasteiger partial charge in [0, 0.05) is 26.2 Å². The van der Waals surface area contributed by atoms with Crippen LogP contribution in [0.2, 0.25) is 0 Å². The van der Waals surface area contributed by atoms with Crippen LogP contribution in [0.25, 0.3) is 0 Å². The number of ether oxygens (including phenoxy) is 1. The summed E-state index contributed by atoms with van der Waals surface area (Å²) in [5.41, 5.74) is 1.47. The maximum atomic E-state index is 13.1. The van der Waals surface area contributed by atoms with Crippen molar-refractivity contribution in [3.63, 3.8) is 0 Å². The van der Waals surface area contributed by atoms with E-state index in [1.165, 1.54) is 18.1 Å². The molecule has 34 heavy (non-hydrogen) atoms. The number of carboxylic acid groups (broad SMARTS) is 1. The average molecular weight is 468 g/mol. The van der Waals surface area contributed by atoms with Crippen LogP contribution in [0.4, 0.5) is 9.59 Å². The summed E-state index contributed by atoms with van der Waals surface area (Å²) in [7, 11) is 0. The molecule has 1 heterocycles. The van der Waals surface area contributed by atoms with E-state index >= 15 is 0 Å². The van der Waals surface area contributed by atoms with Gasteiger partial charge in [0.1, 0.15) is 11.6 Å². The maximum absolute atomic E-state index is 13.1. The summed E-state index contributed by atoms with van der Waals surface area (Å²) in [6, 6.07) is 19.3. The molecule has 1 atom stereocenters. The minimum Gasteiger partial charge on any atom is -0.464 e. The van der Waals surface area contributed by atoms with Crippen molar-refractivity contribution in [2.24, 2.45) is 0 Å². The van der Waals surface area contributed by atoms with Gasteiger partial charge < -0.3 is 14.7 Å². The SMILES string of the molecule is C[C@@H](C(=O)N1CCN(C(c2ccccc2)c2ccccc2)CC1)N(C(=O)O)C(=O)OC(C)(C)C. The number of benzene rings is 2. The molecule has 1 N–H and O–H groups in total. The molecular formula is C26H33N3O5. The third-order valence-corrected chi connectivity index (χ3v) is 5.76. The normalized spacial score (nSPS) is 15.6. The second-order valence-corrected chi connectivity index (χ2v) is 9.39. The molecule has 3 rings (SSSR count). The lowest BCUT2D eigenvalue weighted by Crippen LogP contribution is -2.57. The Bertz CT molecular complexity index is 943. The predicted octanol–water partition coefficient (Wildman–Crippen LogP) is 4.22. The van der Waals surface area contributed by atoms with Crippen molar-refractivity contribution < 1.29 is 24.2 Å². The molecule has 0 aromatic heterocycles. The smallest absolute Gasteiger partial charge is 0.420 e. The van der Waals surface area contributed by atoms with E-state index in [9.17, 15) is 19.5 Å². The Hall–Kier alpha value is -3.39. The highest BCUT2D eigenvalue weighted by Crippen LogP contribution is 2.29. The van der Waals surface area contributed by atoms with E-state index in [0.29, 0.717) is 31.1 Å². The topological polar surface area (TPSA) is 90.4 Å². The number of imide groups is 1. The first-order valence-corrected chi connectivity index (χ1v) is 11.5.